The Morgan fingerprint density at radius 2 is 1.91 bits per heavy atom. The molecule has 10 heteroatoms. The highest BCUT2D eigenvalue weighted by atomic mass is 19.4. The van der Waals surface area contributed by atoms with E-state index >= 15 is 0 Å². The summed E-state index contributed by atoms with van der Waals surface area (Å²) >= 11 is 0. The number of nitrogens with one attached hydrogen (secondary N) is 3. The summed E-state index contributed by atoms with van der Waals surface area (Å²) in [5, 5.41) is 28.0. The molecule has 0 saturated carbocycles. The van der Waals surface area contributed by atoms with Gasteiger partial charge in [0.1, 0.15) is 23.4 Å². The molecule has 182 valence electrons. The lowest BCUT2D eigenvalue weighted by Gasteiger charge is -2.33. The van der Waals surface area contributed by atoms with Crippen LogP contribution in [0.4, 0.5) is 18.9 Å². The zero-order valence-corrected chi connectivity index (χ0v) is 18.7. The number of nitrogen functional groups attached to an aromatic ring is 1. The standard InChI is InChI=1S/C24H28F3N5O2/c1-15(28)32-11-8-19(9-12-32)34-22-7-5-18(14-20(22)24(25,26)27)31-10-2-3-16-13-17(23(29)30)4-6-21(16)33/h2-7,13-14,19,28,31,33H,8-12H2,1H3,(H3,29,30)/b3-2+,28-15?. The predicted molar refractivity (Wildman–Crippen MR) is 127 cm³/mol. The molecule has 1 heterocycles. The second-order valence-corrected chi connectivity index (χ2v) is 8.07. The number of phenolic OH excluding ortho intramolecular Hbond substituents is 1. The summed E-state index contributed by atoms with van der Waals surface area (Å²) in [5.74, 6) is 0.110. The number of nitrogens with two attached hydrogens (primary N) is 1. The highest BCUT2D eigenvalue weighted by molar-refractivity contribution is 5.95. The average Bonchev–Trinajstić information content (AvgIpc) is 2.78. The van der Waals surface area contributed by atoms with Crippen LogP contribution in [0.15, 0.2) is 42.5 Å². The van der Waals surface area contributed by atoms with Crippen LogP contribution >= 0.6 is 0 Å². The van der Waals surface area contributed by atoms with E-state index in [0.29, 0.717) is 42.9 Å². The molecule has 0 unspecified atom stereocenters. The van der Waals surface area contributed by atoms with Crippen LogP contribution in [0.3, 0.4) is 0 Å². The van der Waals surface area contributed by atoms with Gasteiger partial charge in [-0.15, -0.1) is 0 Å². The van der Waals surface area contributed by atoms with E-state index in [4.69, 9.17) is 21.3 Å². The summed E-state index contributed by atoms with van der Waals surface area (Å²) in [6, 6.07) is 8.38. The number of anilines is 1. The summed E-state index contributed by atoms with van der Waals surface area (Å²) in [5.41, 5.74) is 5.78. The van der Waals surface area contributed by atoms with E-state index in [1.807, 2.05) is 4.90 Å². The first kappa shape index (κ1) is 24.9. The summed E-state index contributed by atoms with van der Waals surface area (Å²) < 4.78 is 46.8. The number of amidine groups is 2. The van der Waals surface area contributed by atoms with E-state index in [1.54, 1.807) is 25.1 Å². The van der Waals surface area contributed by atoms with E-state index in [-0.39, 0.29) is 35.7 Å². The van der Waals surface area contributed by atoms with E-state index in [2.05, 4.69) is 5.32 Å². The third-order valence-corrected chi connectivity index (χ3v) is 5.55. The number of rotatable bonds is 7. The number of piperidine rings is 1. The Morgan fingerprint density at radius 1 is 1.21 bits per heavy atom. The van der Waals surface area contributed by atoms with Crippen molar-refractivity contribution in [1.82, 2.24) is 4.90 Å². The molecule has 0 amide bonds. The van der Waals surface area contributed by atoms with Gasteiger partial charge in [-0.2, -0.15) is 13.2 Å². The van der Waals surface area contributed by atoms with Gasteiger partial charge in [0, 0.05) is 49.3 Å². The van der Waals surface area contributed by atoms with Gasteiger partial charge in [-0.05, 0) is 43.3 Å². The Kier molecular flexibility index (Phi) is 7.70. The number of nitrogens with zero attached hydrogens (tertiary/aromatic N) is 1. The number of hydrogen-bond donors (Lipinski definition) is 5. The van der Waals surface area contributed by atoms with Gasteiger partial charge in [0.05, 0.1) is 11.4 Å². The molecule has 0 spiro atoms. The van der Waals surface area contributed by atoms with Gasteiger partial charge in [-0.1, -0.05) is 12.2 Å². The Balaban J connectivity index is 1.66. The molecule has 2 aromatic carbocycles. The molecule has 1 aliphatic heterocycles. The summed E-state index contributed by atoms with van der Waals surface area (Å²) in [6.45, 7) is 3.06. The molecule has 0 aliphatic carbocycles. The summed E-state index contributed by atoms with van der Waals surface area (Å²) in [4.78, 5) is 1.88. The lowest BCUT2D eigenvalue weighted by molar-refractivity contribution is -0.139. The number of likely N-dealkylation sites (tertiary alicyclic amines) is 1. The van der Waals surface area contributed by atoms with Gasteiger partial charge in [-0.3, -0.25) is 10.8 Å². The van der Waals surface area contributed by atoms with Crippen molar-refractivity contribution in [2.45, 2.75) is 32.0 Å². The highest BCUT2D eigenvalue weighted by Gasteiger charge is 2.35. The Hall–Kier alpha value is -3.69. The zero-order chi connectivity index (χ0) is 24.9. The molecular formula is C24H28F3N5O2. The third kappa shape index (κ3) is 6.43. The van der Waals surface area contributed by atoms with Gasteiger partial charge in [0.25, 0.3) is 0 Å². The monoisotopic (exact) mass is 475 g/mol. The number of aromatic hydroxyl groups is 1. The molecular weight excluding hydrogens is 447 g/mol. The first-order valence-electron chi connectivity index (χ1n) is 10.8. The van der Waals surface area contributed by atoms with E-state index in [1.165, 1.54) is 24.3 Å². The summed E-state index contributed by atoms with van der Waals surface area (Å²) in [7, 11) is 0. The van der Waals surface area contributed by atoms with Crippen LogP contribution in [-0.2, 0) is 6.18 Å². The number of benzene rings is 2. The minimum absolute atomic E-state index is 0.00344. The van der Waals surface area contributed by atoms with Crippen molar-refractivity contribution in [1.29, 1.82) is 10.8 Å². The lowest BCUT2D eigenvalue weighted by Crippen LogP contribution is -2.40. The van der Waals surface area contributed by atoms with E-state index in [0.717, 1.165) is 6.07 Å². The summed E-state index contributed by atoms with van der Waals surface area (Å²) in [6.07, 6.45) is -0.563. The fourth-order valence-corrected chi connectivity index (χ4v) is 3.67. The van der Waals surface area contributed by atoms with Crippen LogP contribution < -0.4 is 15.8 Å². The third-order valence-electron chi connectivity index (χ3n) is 5.55. The second kappa shape index (κ2) is 10.5. The molecule has 0 aromatic heterocycles. The largest absolute Gasteiger partial charge is 0.507 e. The van der Waals surface area contributed by atoms with Crippen molar-refractivity contribution in [3.8, 4) is 11.5 Å². The molecule has 3 rings (SSSR count). The molecule has 0 bridgehead atoms. The number of hydrogen-bond acceptors (Lipinski definition) is 5. The van der Waals surface area contributed by atoms with Crippen molar-refractivity contribution >= 4 is 23.4 Å². The van der Waals surface area contributed by atoms with Crippen molar-refractivity contribution in [3.63, 3.8) is 0 Å². The van der Waals surface area contributed by atoms with E-state index in [9.17, 15) is 18.3 Å². The first-order valence-corrected chi connectivity index (χ1v) is 10.8. The molecule has 1 fully saturated rings. The fourth-order valence-electron chi connectivity index (χ4n) is 3.67. The molecule has 6 N–H and O–H groups in total. The number of alkyl halides is 3. The maximum Gasteiger partial charge on any atom is 0.420 e. The Morgan fingerprint density at radius 3 is 2.53 bits per heavy atom. The van der Waals surface area contributed by atoms with Gasteiger partial charge >= 0.3 is 6.18 Å². The van der Waals surface area contributed by atoms with E-state index < -0.39 is 11.7 Å². The normalized spacial score (nSPS) is 14.9. The van der Waals surface area contributed by atoms with Gasteiger partial charge in [-0.25, -0.2) is 0 Å². The first-order chi connectivity index (χ1) is 16.0. The minimum atomic E-state index is -4.58. The van der Waals surface area contributed by atoms with Crippen LogP contribution in [0.2, 0.25) is 0 Å². The average molecular weight is 476 g/mol. The van der Waals surface area contributed by atoms with Crippen molar-refractivity contribution in [2.75, 3.05) is 25.0 Å². The maximum absolute atomic E-state index is 13.7. The molecule has 0 atom stereocenters. The number of phenols is 1. The Labute approximate surface area is 196 Å². The van der Waals surface area contributed by atoms with Crippen LogP contribution in [0, 0.1) is 10.8 Å². The molecule has 7 nitrogen and oxygen atoms in total. The number of ether oxygens (including phenoxy) is 1. The van der Waals surface area contributed by atoms with Crippen LogP contribution in [0.1, 0.15) is 36.5 Å². The minimum Gasteiger partial charge on any atom is -0.507 e. The molecule has 0 radical (unpaired) electrons. The van der Waals surface area contributed by atoms with Crippen LogP contribution in [0.25, 0.3) is 6.08 Å². The maximum atomic E-state index is 13.7. The van der Waals surface area contributed by atoms with Crippen molar-refractivity contribution in [3.05, 3.63) is 59.2 Å². The van der Waals surface area contributed by atoms with Crippen molar-refractivity contribution < 1.29 is 23.0 Å². The molecule has 2 aromatic rings. The predicted octanol–water partition coefficient (Wildman–Crippen LogP) is 4.66. The van der Waals surface area contributed by atoms with Crippen molar-refractivity contribution in [2.24, 2.45) is 5.73 Å². The van der Waals surface area contributed by atoms with Gasteiger partial charge in [0.2, 0.25) is 0 Å². The van der Waals surface area contributed by atoms with Crippen LogP contribution in [-0.4, -0.2) is 47.4 Å². The number of halogens is 3. The van der Waals surface area contributed by atoms with Crippen LogP contribution in [0.5, 0.6) is 11.5 Å². The smallest absolute Gasteiger partial charge is 0.420 e. The zero-order valence-electron chi connectivity index (χ0n) is 18.7. The second-order valence-electron chi connectivity index (χ2n) is 8.07. The Bertz CT molecular complexity index is 1080. The van der Waals surface area contributed by atoms with Gasteiger partial charge in [0.15, 0.2) is 0 Å². The SMILES string of the molecule is CC(=N)N1CCC(Oc2ccc(NC/C=C/c3cc(C(=N)N)ccc3O)cc2C(F)(F)F)CC1. The highest BCUT2D eigenvalue weighted by Crippen LogP contribution is 2.39. The lowest BCUT2D eigenvalue weighted by atomic mass is 10.1. The fraction of sp³-hybridized carbons (Fsp3) is 0.333. The quantitative estimate of drug-likeness (QED) is 0.295. The molecule has 34 heavy (non-hydrogen) atoms. The topological polar surface area (TPSA) is 118 Å². The molecule has 1 saturated heterocycles. The molecule has 1 aliphatic rings. The van der Waals surface area contributed by atoms with Gasteiger partial charge < -0.3 is 25.8 Å².